The van der Waals surface area contributed by atoms with Crippen LogP contribution in [0.25, 0.3) is 0 Å². The van der Waals surface area contributed by atoms with Gasteiger partial charge in [-0.3, -0.25) is 0 Å². The molecule has 0 spiro atoms. The quantitative estimate of drug-likeness (QED) is 0.713. The van der Waals surface area contributed by atoms with Crippen molar-refractivity contribution in [1.29, 1.82) is 0 Å². The number of ether oxygens (including phenoxy) is 1. The molecule has 0 aliphatic heterocycles. The molecule has 1 aliphatic rings. The molecule has 1 saturated carbocycles. The Morgan fingerprint density at radius 2 is 2.07 bits per heavy atom. The number of alkyl halides is 3. The number of hydrogen-bond donors (Lipinski definition) is 2. The summed E-state index contributed by atoms with van der Waals surface area (Å²) in [4.78, 5) is 0. The van der Waals surface area contributed by atoms with Crippen LogP contribution < -0.4 is 5.32 Å². The van der Waals surface area contributed by atoms with E-state index in [-0.39, 0.29) is 26.0 Å². The molecule has 0 heterocycles. The summed E-state index contributed by atoms with van der Waals surface area (Å²) < 4.78 is 42.2. The zero-order valence-corrected chi connectivity index (χ0v) is 8.60. The summed E-state index contributed by atoms with van der Waals surface area (Å²) in [6, 6.07) is 0. The van der Waals surface area contributed by atoms with Gasteiger partial charge in [0.1, 0.15) is 5.54 Å². The smallest absolute Gasteiger partial charge is 0.389 e. The number of rotatable bonds is 6. The van der Waals surface area contributed by atoms with Crippen LogP contribution in [-0.2, 0) is 4.74 Å². The molecule has 15 heavy (non-hydrogen) atoms. The van der Waals surface area contributed by atoms with Crippen LogP contribution in [0.4, 0.5) is 13.2 Å². The first-order valence-electron chi connectivity index (χ1n) is 4.99. The number of hydrogen-bond acceptors (Lipinski definition) is 3. The van der Waals surface area contributed by atoms with Gasteiger partial charge in [-0.25, -0.2) is 0 Å². The molecule has 0 aromatic heterocycles. The van der Waals surface area contributed by atoms with Gasteiger partial charge in [0, 0.05) is 13.2 Å². The van der Waals surface area contributed by atoms with Crippen molar-refractivity contribution in [3.8, 4) is 0 Å². The van der Waals surface area contributed by atoms with Crippen LogP contribution in [0.3, 0.4) is 0 Å². The van der Waals surface area contributed by atoms with Gasteiger partial charge < -0.3 is 15.2 Å². The van der Waals surface area contributed by atoms with Crippen molar-refractivity contribution in [3.05, 3.63) is 0 Å². The Kier molecular flexibility index (Phi) is 3.97. The topological polar surface area (TPSA) is 41.5 Å². The number of aliphatic hydroxyl groups is 1. The maximum Gasteiger partial charge on any atom is 0.406 e. The van der Waals surface area contributed by atoms with Gasteiger partial charge >= 0.3 is 6.18 Å². The molecule has 0 saturated heterocycles. The van der Waals surface area contributed by atoms with Crippen LogP contribution in [0.5, 0.6) is 0 Å². The molecule has 1 aliphatic carbocycles. The Hall–Kier alpha value is -0.330. The van der Waals surface area contributed by atoms with E-state index in [1.54, 1.807) is 6.92 Å². The van der Waals surface area contributed by atoms with Crippen molar-refractivity contribution in [2.45, 2.75) is 37.6 Å². The Morgan fingerprint density at radius 3 is 2.47 bits per heavy atom. The lowest BCUT2D eigenvalue weighted by molar-refractivity contribution is -0.167. The first-order valence-corrected chi connectivity index (χ1v) is 4.99. The van der Waals surface area contributed by atoms with Gasteiger partial charge in [0.25, 0.3) is 0 Å². The molecule has 3 nitrogen and oxygen atoms in total. The van der Waals surface area contributed by atoms with E-state index in [9.17, 15) is 18.3 Å². The van der Waals surface area contributed by atoms with Crippen LogP contribution in [0.15, 0.2) is 0 Å². The van der Waals surface area contributed by atoms with E-state index in [4.69, 9.17) is 4.74 Å². The minimum atomic E-state index is -4.22. The average molecular weight is 227 g/mol. The highest BCUT2D eigenvalue weighted by Gasteiger charge is 2.63. The fraction of sp³-hybridized carbons (Fsp3) is 1.00. The van der Waals surface area contributed by atoms with Crippen LogP contribution in [0.1, 0.15) is 19.8 Å². The van der Waals surface area contributed by atoms with Gasteiger partial charge in [-0.1, -0.05) is 0 Å². The lowest BCUT2D eigenvalue weighted by Crippen LogP contribution is -2.48. The van der Waals surface area contributed by atoms with E-state index < -0.39 is 17.8 Å². The van der Waals surface area contributed by atoms with Gasteiger partial charge in [-0.2, -0.15) is 13.2 Å². The van der Waals surface area contributed by atoms with E-state index in [1.165, 1.54) is 0 Å². The molecule has 1 atom stereocenters. The maximum absolute atomic E-state index is 12.4. The summed E-state index contributed by atoms with van der Waals surface area (Å²) in [7, 11) is 0. The van der Waals surface area contributed by atoms with E-state index >= 15 is 0 Å². The van der Waals surface area contributed by atoms with E-state index in [1.807, 2.05) is 0 Å². The van der Waals surface area contributed by atoms with Crippen molar-refractivity contribution in [1.82, 2.24) is 5.32 Å². The predicted molar refractivity (Wildman–Crippen MR) is 48.5 cm³/mol. The second kappa shape index (κ2) is 4.67. The number of nitrogens with one attached hydrogen (secondary N) is 1. The zero-order chi connectivity index (χ0) is 11.5. The van der Waals surface area contributed by atoms with Gasteiger partial charge in [0.15, 0.2) is 0 Å². The van der Waals surface area contributed by atoms with Crippen LogP contribution in [0, 0.1) is 0 Å². The van der Waals surface area contributed by atoms with Crippen molar-refractivity contribution in [2.24, 2.45) is 0 Å². The third-order valence-electron chi connectivity index (χ3n) is 2.48. The molecule has 0 bridgehead atoms. The largest absolute Gasteiger partial charge is 0.406 e. The lowest BCUT2D eigenvalue weighted by atomic mass is 10.2. The highest BCUT2D eigenvalue weighted by molar-refractivity contribution is 5.08. The molecule has 0 aromatic rings. The zero-order valence-electron chi connectivity index (χ0n) is 8.60. The molecule has 90 valence electrons. The summed E-state index contributed by atoms with van der Waals surface area (Å²) in [5.74, 6) is 0. The Labute approximate surface area is 86.6 Å². The molecule has 0 radical (unpaired) electrons. The maximum atomic E-state index is 12.4. The minimum Gasteiger partial charge on any atom is -0.389 e. The van der Waals surface area contributed by atoms with Crippen molar-refractivity contribution < 1.29 is 23.0 Å². The molecule has 1 rings (SSSR count). The third-order valence-corrected chi connectivity index (χ3v) is 2.48. The summed E-state index contributed by atoms with van der Waals surface area (Å²) >= 11 is 0. The van der Waals surface area contributed by atoms with Gasteiger partial charge in [-0.05, 0) is 19.8 Å². The van der Waals surface area contributed by atoms with E-state index in [2.05, 4.69) is 5.32 Å². The molecule has 0 aromatic carbocycles. The number of halogens is 3. The number of aliphatic hydroxyl groups excluding tert-OH is 1. The summed E-state index contributed by atoms with van der Waals surface area (Å²) in [6.45, 7) is 2.19. The predicted octanol–water partition coefficient (Wildman–Crippen LogP) is 1.07. The van der Waals surface area contributed by atoms with Gasteiger partial charge in [0.2, 0.25) is 0 Å². The third kappa shape index (κ3) is 3.32. The molecular weight excluding hydrogens is 211 g/mol. The van der Waals surface area contributed by atoms with Crippen molar-refractivity contribution in [3.63, 3.8) is 0 Å². The van der Waals surface area contributed by atoms with Crippen molar-refractivity contribution >= 4 is 0 Å². The molecular formula is C9H16F3NO2. The molecule has 1 fully saturated rings. The van der Waals surface area contributed by atoms with Crippen molar-refractivity contribution in [2.75, 3.05) is 19.8 Å². The highest BCUT2D eigenvalue weighted by Crippen LogP contribution is 2.48. The second-order valence-corrected chi connectivity index (χ2v) is 3.77. The summed E-state index contributed by atoms with van der Waals surface area (Å²) in [6.07, 6.45) is -4.92. The molecule has 0 amide bonds. The van der Waals surface area contributed by atoms with E-state index in [0.717, 1.165) is 0 Å². The summed E-state index contributed by atoms with van der Waals surface area (Å²) in [5.41, 5.74) is -1.75. The molecule has 1 unspecified atom stereocenters. The second-order valence-electron chi connectivity index (χ2n) is 3.77. The average Bonchev–Trinajstić information content (AvgIpc) is 2.91. The van der Waals surface area contributed by atoms with Crippen LogP contribution in [0.2, 0.25) is 0 Å². The first kappa shape index (κ1) is 12.7. The Morgan fingerprint density at radius 1 is 1.47 bits per heavy atom. The normalized spacial score (nSPS) is 21.4. The van der Waals surface area contributed by atoms with E-state index in [0.29, 0.717) is 6.61 Å². The molecule has 6 heteroatoms. The SMILES string of the molecule is CCOCC(O)CNC1(C(F)(F)F)CC1. The van der Waals surface area contributed by atoms with Crippen LogP contribution in [-0.4, -0.2) is 42.7 Å². The number of β-amino-alcohol motifs (C(OH)–C–C–N with tert-alkyl or cyclic N) is 1. The lowest BCUT2D eigenvalue weighted by Gasteiger charge is -2.22. The van der Waals surface area contributed by atoms with Gasteiger partial charge in [-0.15, -0.1) is 0 Å². The highest BCUT2D eigenvalue weighted by atomic mass is 19.4. The molecule has 2 N–H and O–H groups in total. The first-order chi connectivity index (χ1) is 6.91. The summed E-state index contributed by atoms with van der Waals surface area (Å²) in [5, 5.41) is 11.6. The minimum absolute atomic E-state index is 0.0669. The Balaban J connectivity index is 2.25. The van der Waals surface area contributed by atoms with Crippen LogP contribution >= 0.6 is 0 Å². The van der Waals surface area contributed by atoms with Gasteiger partial charge in [0.05, 0.1) is 12.7 Å². The fourth-order valence-electron chi connectivity index (χ4n) is 1.31. The fourth-order valence-corrected chi connectivity index (χ4v) is 1.31. The standard InChI is InChI=1S/C9H16F3NO2/c1-2-15-6-7(14)5-13-8(3-4-8)9(10,11)12/h7,13-14H,2-6H2,1H3. The monoisotopic (exact) mass is 227 g/mol. The Bertz CT molecular complexity index is 204.